The standard InChI is InChI=1S/C39H26N2/c1-3-25-22-33-34-24-32(29-15-13-28(14-16-29)31-18-17-27-9-5-6-10-30(27)21-31)19-20-37(34)41-38-12-8-7-11-36(38)40-39(41)35(33)23-26(25)4-2/h3-24H,1-2H2. The number of hydrogen-bond donors (Lipinski definition) is 0. The molecule has 0 saturated carbocycles. The van der Waals surface area contributed by atoms with Gasteiger partial charge in [0.05, 0.1) is 16.6 Å². The van der Waals surface area contributed by atoms with Gasteiger partial charge in [-0.25, -0.2) is 4.98 Å². The Labute approximate surface area is 238 Å². The quantitative estimate of drug-likeness (QED) is 0.210. The molecule has 2 heteroatoms. The summed E-state index contributed by atoms with van der Waals surface area (Å²) in [4.78, 5) is 5.07. The van der Waals surface area contributed by atoms with Crippen LogP contribution in [0.1, 0.15) is 11.1 Å². The zero-order valence-corrected chi connectivity index (χ0v) is 22.5. The van der Waals surface area contributed by atoms with Crippen LogP contribution < -0.4 is 0 Å². The van der Waals surface area contributed by atoms with Gasteiger partial charge in [0.25, 0.3) is 0 Å². The Morgan fingerprint density at radius 2 is 1.10 bits per heavy atom. The van der Waals surface area contributed by atoms with E-state index in [1.807, 2.05) is 18.2 Å². The minimum absolute atomic E-state index is 0.958. The average molecular weight is 523 g/mol. The predicted molar refractivity (Wildman–Crippen MR) is 176 cm³/mol. The molecule has 2 heterocycles. The number of pyridine rings is 1. The van der Waals surface area contributed by atoms with Crippen LogP contribution >= 0.6 is 0 Å². The Hall–Kier alpha value is -5.47. The summed E-state index contributed by atoms with van der Waals surface area (Å²) in [6.45, 7) is 8.12. The fourth-order valence-corrected chi connectivity index (χ4v) is 6.20. The highest BCUT2D eigenvalue weighted by molar-refractivity contribution is 6.15. The molecule has 0 N–H and O–H groups in total. The van der Waals surface area contributed by atoms with Crippen LogP contribution in [-0.4, -0.2) is 9.38 Å². The van der Waals surface area contributed by atoms with E-state index >= 15 is 0 Å². The maximum absolute atomic E-state index is 5.07. The number of benzene rings is 6. The van der Waals surface area contributed by atoms with Gasteiger partial charge in [-0.05, 0) is 92.0 Å². The third-order valence-electron chi connectivity index (χ3n) is 8.29. The van der Waals surface area contributed by atoms with E-state index < -0.39 is 0 Å². The summed E-state index contributed by atoms with van der Waals surface area (Å²) in [7, 11) is 0. The van der Waals surface area contributed by atoms with E-state index in [1.54, 1.807) is 0 Å². The van der Waals surface area contributed by atoms with Crippen LogP contribution in [-0.2, 0) is 0 Å². The third-order valence-corrected chi connectivity index (χ3v) is 8.29. The third kappa shape index (κ3) is 3.62. The first kappa shape index (κ1) is 23.4. The van der Waals surface area contributed by atoms with E-state index in [0.717, 1.165) is 44.1 Å². The first-order valence-electron chi connectivity index (χ1n) is 13.9. The van der Waals surface area contributed by atoms with Crippen molar-refractivity contribution in [1.82, 2.24) is 9.38 Å². The molecule has 41 heavy (non-hydrogen) atoms. The molecule has 6 aromatic carbocycles. The van der Waals surface area contributed by atoms with Crippen LogP contribution in [0.3, 0.4) is 0 Å². The Morgan fingerprint density at radius 1 is 0.488 bits per heavy atom. The van der Waals surface area contributed by atoms with E-state index in [4.69, 9.17) is 4.98 Å². The molecule has 0 amide bonds. The van der Waals surface area contributed by atoms with E-state index in [0.29, 0.717) is 0 Å². The molecule has 0 aliphatic rings. The van der Waals surface area contributed by atoms with Crippen molar-refractivity contribution >= 4 is 61.3 Å². The molecular formula is C39H26N2. The Bertz CT molecular complexity index is 2340. The van der Waals surface area contributed by atoms with Crippen molar-refractivity contribution in [2.45, 2.75) is 0 Å². The molecule has 0 aliphatic heterocycles. The number of para-hydroxylation sites is 2. The van der Waals surface area contributed by atoms with Gasteiger partial charge in [-0.15, -0.1) is 0 Å². The van der Waals surface area contributed by atoms with Gasteiger partial charge >= 0.3 is 0 Å². The molecule has 0 radical (unpaired) electrons. The molecule has 8 rings (SSSR count). The van der Waals surface area contributed by atoms with Crippen molar-refractivity contribution in [2.75, 3.05) is 0 Å². The number of hydrogen-bond acceptors (Lipinski definition) is 1. The first-order valence-corrected chi connectivity index (χ1v) is 13.9. The highest BCUT2D eigenvalue weighted by atomic mass is 15.0. The van der Waals surface area contributed by atoms with Gasteiger partial charge in [0.1, 0.15) is 5.65 Å². The van der Waals surface area contributed by atoms with Crippen molar-refractivity contribution in [2.24, 2.45) is 0 Å². The minimum Gasteiger partial charge on any atom is -0.292 e. The predicted octanol–water partition coefficient (Wildman–Crippen LogP) is 10.6. The summed E-state index contributed by atoms with van der Waals surface area (Å²) in [5, 5.41) is 5.98. The number of fused-ring (bicyclic) bond motifs is 9. The van der Waals surface area contributed by atoms with Crippen molar-refractivity contribution < 1.29 is 0 Å². The van der Waals surface area contributed by atoms with Gasteiger partial charge in [0, 0.05) is 10.8 Å². The molecule has 192 valence electrons. The van der Waals surface area contributed by atoms with Gasteiger partial charge in [-0.3, -0.25) is 4.40 Å². The maximum Gasteiger partial charge on any atom is 0.146 e. The highest BCUT2D eigenvalue weighted by Crippen LogP contribution is 2.37. The highest BCUT2D eigenvalue weighted by Gasteiger charge is 2.16. The normalized spacial score (nSPS) is 11.6. The van der Waals surface area contributed by atoms with E-state index in [2.05, 4.69) is 133 Å². The second kappa shape index (κ2) is 9.04. The summed E-state index contributed by atoms with van der Waals surface area (Å²) in [5.74, 6) is 0. The van der Waals surface area contributed by atoms with Gasteiger partial charge in [-0.1, -0.05) is 104 Å². The Morgan fingerprint density at radius 3 is 1.85 bits per heavy atom. The van der Waals surface area contributed by atoms with Crippen molar-refractivity contribution in [3.05, 3.63) is 146 Å². The molecule has 0 bridgehead atoms. The van der Waals surface area contributed by atoms with Gasteiger partial charge in [-0.2, -0.15) is 0 Å². The lowest BCUT2D eigenvalue weighted by molar-refractivity contribution is 1.31. The number of imidazole rings is 1. The molecule has 0 atom stereocenters. The van der Waals surface area contributed by atoms with E-state index in [-0.39, 0.29) is 0 Å². The van der Waals surface area contributed by atoms with E-state index in [1.165, 1.54) is 38.4 Å². The summed E-state index contributed by atoms with van der Waals surface area (Å²) < 4.78 is 2.29. The largest absolute Gasteiger partial charge is 0.292 e. The van der Waals surface area contributed by atoms with Crippen LogP contribution in [0.15, 0.2) is 134 Å². The van der Waals surface area contributed by atoms with Crippen molar-refractivity contribution in [3.63, 3.8) is 0 Å². The smallest absolute Gasteiger partial charge is 0.146 e. The Kier molecular flexibility index (Phi) is 5.16. The first-order chi connectivity index (χ1) is 20.2. The van der Waals surface area contributed by atoms with Crippen LogP contribution in [0, 0.1) is 0 Å². The van der Waals surface area contributed by atoms with Crippen molar-refractivity contribution in [3.8, 4) is 22.3 Å². The topological polar surface area (TPSA) is 17.3 Å². The lowest BCUT2D eigenvalue weighted by Gasteiger charge is -2.13. The second-order valence-corrected chi connectivity index (χ2v) is 10.6. The number of aromatic nitrogens is 2. The Balaban J connectivity index is 1.34. The van der Waals surface area contributed by atoms with Crippen LogP contribution in [0.4, 0.5) is 0 Å². The molecular weight excluding hydrogens is 496 g/mol. The second-order valence-electron chi connectivity index (χ2n) is 10.6. The lowest BCUT2D eigenvalue weighted by Crippen LogP contribution is -1.94. The molecule has 0 saturated heterocycles. The molecule has 8 aromatic rings. The molecule has 2 nitrogen and oxygen atoms in total. The van der Waals surface area contributed by atoms with Crippen LogP contribution in [0.2, 0.25) is 0 Å². The summed E-state index contributed by atoms with van der Waals surface area (Å²) >= 11 is 0. The fraction of sp³-hybridized carbons (Fsp3) is 0. The van der Waals surface area contributed by atoms with Crippen molar-refractivity contribution in [1.29, 1.82) is 0 Å². The molecule has 2 aromatic heterocycles. The molecule has 0 fully saturated rings. The van der Waals surface area contributed by atoms with Gasteiger partial charge < -0.3 is 0 Å². The van der Waals surface area contributed by atoms with Gasteiger partial charge in [0.15, 0.2) is 0 Å². The molecule has 0 aliphatic carbocycles. The SMILES string of the molecule is C=Cc1cc2c3cc(-c4ccc(-c5ccc6ccccc6c5)cc4)ccc3n3c4ccccc4nc3c2cc1C=C. The van der Waals surface area contributed by atoms with E-state index in [9.17, 15) is 0 Å². The monoisotopic (exact) mass is 522 g/mol. The zero-order valence-electron chi connectivity index (χ0n) is 22.5. The average Bonchev–Trinajstić information content (AvgIpc) is 3.44. The summed E-state index contributed by atoms with van der Waals surface area (Å²) in [5.41, 5.74) is 11.1. The minimum atomic E-state index is 0.958. The lowest BCUT2D eigenvalue weighted by atomic mass is 9.95. The zero-order chi connectivity index (χ0) is 27.5. The summed E-state index contributed by atoms with van der Waals surface area (Å²) in [6, 6.07) is 43.6. The maximum atomic E-state index is 5.07. The fourth-order valence-electron chi connectivity index (χ4n) is 6.20. The number of nitrogens with zero attached hydrogens (tertiary/aromatic N) is 2. The van der Waals surface area contributed by atoms with Crippen LogP contribution in [0.5, 0.6) is 0 Å². The summed E-state index contributed by atoms with van der Waals surface area (Å²) in [6.07, 6.45) is 3.80. The molecule has 0 spiro atoms. The van der Waals surface area contributed by atoms with Crippen LogP contribution in [0.25, 0.3) is 83.5 Å². The van der Waals surface area contributed by atoms with Gasteiger partial charge in [0.2, 0.25) is 0 Å². The molecule has 0 unspecified atom stereocenters. The number of rotatable bonds is 4.